The van der Waals surface area contributed by atoms with Crippen molar-refractivity contribution < 1.29 is 13.6 Å². The van der Waals surface area contributed by atoms with Crippen LogP contribution in [-0.2, 0) is 13.6 Å². The van der Waals surface area contributed by atoms with E-state index in [9.17, 15) is 0 Å². The summed E-state index contributed by atoms with van der Waals surface area (Å²) in [6.45, 7) is 3.49. The molecule has 5 heteroatoms. The molecule has 4 nitrogen and oxygen atoms in total. The predicted molar refractivity (Wildman–Crippen MR) is 43.6 cm³/mol. The number of hydrogen-bond acceptors (Lipinski definition) is 4. The Kier molecular flexibility index (Phi) is 4.02. The van der Waals surface area contributed by atoms with Gasteiger partial charge >= 0.3 is 9.45 Å². The average Bonchev–Trinajstić information content (AvgIpc) is 2.09. The molecule has 0 radical (unpaired) electrons. The van der Waals surface area contributed by atoms with Crippen LogP contribution in [0.15, 0.2) is 0 Å². The summed E-state index contributed by atoms with van der Waals surface area (Å²) in [5.74, 6) is 0. The lowest BCUT2D eigenvalue weighted by Gasteiger charge is -2.30. The van der Waals surface area contributed by atoms with Gasteiger partial charge in [0.15, 0.2) is 0 Å². The molecule has 0 aromatic carbocycles. The topological polar surface area (TPSA) is 30.9 Å². The first kappa shape index (κ1) is 9.15. The van der Waals surface area contributed by atoms with Crippen molar-refractivity contribution in [2.45, 2.75) is 0 Å². The van der Waals surface area contributed by atoms with Gasteiger partial charge in [-0.1, -0.05) is 0 Å². The van der Waals surface area contributed by atoms with Gasteiger partial charge in [-0.3, -0.25) is 4.57 Å². The van der Waals surface area contributed by atoms with Gasteiger partial charge in [-0.15, -0.1) is 0 Å². The van der Waals surface area contributed by atoms with Gasteiger partial charge in [0.25, 0.3) is 0 Å². The minimum atomic E-state index is -1.52. The van der Waals surface area contributed by atoms with Crippen molar-refractivity contribution in [3.05, 3.63) is 0 Å². The molecule has 0 unspecified atom stereocenters. The van der Waals surface area contributed by atoms with E-state index in [-0.39, 0.29) is 0 Å². The molecule has 66 valence electrons. The van der Waals surface area contributed by atoms with Crippen molar-refractivity contribution in [1.82, 2.24) is 4.57 Å². The maximum Gasteiger partial charge on any atom is 0.410 e. The van der Waals surface area contributed by atoms with Crippen LogP contribution >= 0.6 is 0 Å². The normalized spacial score (nSPS) is 21.0. The molecule has 1 saturated heterocycles. The van der Waals surface area contributed by atoms with Gasteiger partial charge in [0.2, 0.25) is 0 Å². The molecule has 0 N–H and O–H groups in total. The molecule has 0 spiro atoms. The molecule has 0 atom stereocenters. The van der Waals surface area contributed by atoms with E-state index in [1.807, 2.05) is 0 Å². The van der Waals surface area contributed by atoms with E-state index in [0.717, 1.165) is 26.3 Å². The molecule has 0 aromatic rings. The fourth-order valence-electron chi connectivity index (χ4n) is 1.18. The Bertz CT molecular complexity index is 104. The Morgan fingerprint density at radius 1 is 1.18 bits per heavy atom. The molecule has 1 fully saturated rings. The summed E-state index contributed by atoms with van der Waals surface area (Å²) in [5.41, 5.74) is 0. The second-order valence-corrected chi connectivity index (χ2v) is 4.71. The molecule has 1 rings (SSSR count). The van der Waals surface area contributed by atoms with Crippen LogP contribution in [0.4, 0.5) is 0 Å². The van der Waals surface area contributed by atoms with Gasteiger partial charge in [-0.25, -0.2) is 0 Å². The van der Waals surface area contributed by atoms with Crippen molar-refractivity contribution in [2.24, 2.45) is 0 Å². The third-order valence-corrected chi connectivity index (χ3v) is 3.67. The molecular weight excluding hydrogens is 162 g/mol. The van der Waals surface area contributed by atoms with Crippen molar-refractivity contribution in [3.63, 3.8) is 0 Å². The fraction of sp³-hybridized carbons (Fsp3) is 1.00. The number of hydrogen-bond donors (Lipinski definition) is 0. The van der Waals surface area contributed by atoms with Crippen LogP contribution < -0.4 is 0 Å². The third kappa shape index (κ3) is 2.53. The first-order chi connectivity index (χ1) is 5.38. The van der Waals surface area contributed by atoms with Crippen molar-refractivity contribution >= 4 is 9.45 Å². The Hall–Kier alpha value is 0.0569. The van der Waals surface area contributed by atoms with Gasteiger partial charge in [-0.2, -0.15) is 0 Å². The number of ether oxygens (including phenoxy) is 1. The summed E-state index contributed by atoms with van der Waals surface area (Å²) in [7, 11) is 1.89. The van der Waals surface area contributed by atoms with Crippen LogP contribution in [0.5, 0.6) is 0 Å². The monoisotopic (exact) mass is 177 g/mol. The molecule has 1 aliphatic heterocycles. The van der Waals surface area contributed by atoms with Crippen LogP contribution in [0.2, 0.25) is 0 Å². The highest BCUT2D eigenvalue weighted by atomic mass is 28.3. The predicted octanol–water partition coefficient (Wildman–Crippen LogP) is -0.671. The highest BCUT2D eigenvalue weighted by molar-refractivity contribution is 6.40. The molecule has 0 saturated carbocycles. The minimum Gasteiger partial charge on any atom is -0.388 e. The van der Waals surface area contributed by atoms with Crippen LogP contribution in [0, 0.1) is 0 Å². The second-order valence-electron chi connectivity index (χ2n) is 2.43. The lowest BCUT2D eigenvalue weighted by atomic mass is 10.5. The van der Waals surface area contributed by atoms with Gasteiger partial charge < -0.3 is 13.6 Å². The summed E-state index contributed by atoms with van der Waals surface area (Å²) in [6, 6.07) is 0. The van der Waals surface area contributed by atoms with Gasteiger partial charge in [0, 0.05) is 27.3 Å². The van der Waals surface area contributed by atoms with E-state index in [0.29, 0.717) is 0 Å². The molecule has 1 heterocycles. The van der Waals surface area contributed by atoms with Gasteiger partial charge in [-0.05, 0) is 0 Å². The summed E-state index contributed by atoms with van der Waals surface area (Å²) >= 11 is 0. The molecule has 11 heavy (non-hydrogen) atoms. The third-order valence-electron chi connectivity index (χ3n) is 1.75. The van der Waals surface area contributed by atoms with E-state index >= 15 is 0 Å². The molecular formula is C6H15NO3Si. The van der Waals surface area contributed by atoms with E-state index in [1.165, 1.54) is 0 Å². The van der Waals surface area contributed by atoms with Gasteiger partial charge in [0.05, 0.1) is 13.2 Å². The van der Waals surface area contributed by atoms with Crippen LogP contribution in [0.25, 0.3) is 0 Å². The van der Waals surface area contributed by atoms with Gasteiger partial charge in [0.1, 0.15) is 0 Å². The second kappa shape index (κ2) is 4.84. The summed E-state index contributed by atoms with van der Waals surface area (Å²) in [6.07, 6.45) is 0. The summed E-state index contributed by atoms with van der Waals surface area (Å²) < 4.78 is 17.9. The smallest absolute Gasteiger partial charge is 0.388 e. The van der Waals surface area contributed by atoms with E-state index in [2.05, 4.69) is 4.57 Å². The van der Waals surface area contributed by atoms with Crippen LogP contribution in [0.1, 0.15) is 0 Å². The largest absolute Gasteiger partial charge is 0.410 e. The van der Waals surface area contributed by atoms with E-state index in [4.69, 9.17) is 13.6 Å². The molecule has 0 aliphatic carbocycles. The first-order valence-corrected chi connectivity index (χ1v) is 5.22. The van der Waals surface area contributed by atoms with E-state index < -0.39 is 9.45 Å². The van der Waals surface area contributed by atoms with Crippen LogP contribution in [0.3, 0.4) is 0 Å². The Morgan fingerprint density at radius 3 is 2.18 bits per heavy atom. The quantitative estimate of drug-likeness (QED) is 0.535. The van der Waals surface area contributed by atoms with Crippen molar-refractivity contribution in [3.8, 4) is 0 Å². The Balaban J connectivity index is 2.30. The standard InChI is InChI=1S/C6H15NO3Si/c1-8-11(9-2)7-3-5-10-6-4-7/h11H,3-6H2,1-2H3. The fourth-order valence-corrected chi connectivity index (χ4v) is 2.60. The lowest BCUT2D eigenvalue weighted by molar-refractivity contribution is 0.0502. The maximum atomic E-state index is 5.23. The highest BCUT2D eigenvalue weighted by Gasteiger charge is 2.22. The minimum absolute atomic E-state index is 0.802. The summed E-state index contributed by atoms with van der Waals surface area (Å²) in [5, 5.41) is 0. The molecule has 0 amide bonds. The zero-order valence-corrected chi connectivity index (χ0v) is 8.23. The Labute approximate surface area is 69.0 Å². The summed E-state index contributed by atoms with van der Waals surface area (Å²) in [4.78, 5) is 0. The zero-order valence-electron chi connectivity index (χ0n) is 7.08. The van der Waals surface area contributed by atoms with Crippen LogP contribution in [-0.4, -0.2) is 54.5 Å². The van der Waals surface area contributed by atoms with E-state index in [1.54, 1.807) is 14.2 Å². The number of morpholine rings is 1. The highest BCUT2D eigenvalue weighted by Crippen LogP contribution is 2.00. The van der Waals surface area contributed by atoms with Crippen molar-refractivity contribution in [2.75, 3.05) is 40.5 Å². The number of nitrogens with zero attached hydrogens (tertiary/aromatic N) is 1. The maximum absolute atomic E-state index is 5.23. The average molecular weight is 177 g/mol. The molecule has 0 aromatic heterocycles. The molecule has 0 bridgehead atoms. The molecule has 1 aliphatic rings. The SMILES string of the molecule is CO[SiH](OC)N1CCOCC1. The Morgan fingerprint density at radius 2 is 1.73 bits per heavy atom. The number of rotatable bonds is 3. The first-order valence-electron chi connectivity index (χ1n) is 3.76. The van der Waals surface area contributed by atoms with Crippen molar-refractivity contribution in [1.29, 1.82) is 0 Å². The zero-order chi connectivity index (χ0) is 8.10. The lowest BCUT2D eigenvalue weighted by Crippen LogP contribution is -2.48.